The number of aliphatic hydroxyl groups excluding tert-OH is 1. The van der Waals surface area contributed by atoms with Crippen molar-refractivity contribution in [3.8, 4) is 0 Å². The normalized spacial score (nSPS) is 11.9. The molecule has 0 spiro atoms. The Morgan fingerprint density at radius 3 is 1.67 bits per heavy atom. The summed E-state index contributed by atoms with van der Waals surface area (Å²) >= 11 is 0. The van der Waals surface area contributed by atoms with Gasteiger partial charge in [0.1, 0.15) is 0 Å². The third-order valence-electron chi connectivity index (χ3n) is 1.28. The summed E-state index contributed by atoms with van der Waals surface area (Å²) in [6, 6.07) is 0. The average molecular weight is 174 g/mol. The van der Waals surface area contributed by atoms with Crippen LogP contribution in [0.25, 0.3) is 0 Å². The maximum Gasteiger partial charge on any atom is 0.337 e. The van der Waals surface area contributed by atoms with Crippen molar-refractivity contribution >= 4 is 11.9 Å². The number of carbonyl (C=O) groups is 2. The van der Waals surface area contributed by atoms with E-state index in [0.717, 1.165) is 0 Å². The molecular formula is C7H10O5. The molecule has 0 aromatic heterocycles. The lowest BCUT2D eigenvalue weighted by Crippen LogP contribution is -2.27. The molecule has 0 radical (unpaired) electrons. The fourth-order valence-electron chi connectivity index (χ4n) is 0.728. The number of aliphatic carboxylic acids is 2. The molecule has 0 saturated heterocycles. The zero-order valence-electron chi connectivity index (χ0n) is 6.74. The van der Waals surface area contributed by atoms with Gasteiger partial charge in [0.25, 0.3) is 0 Å². The predicted octanol–water partition coefficient (Wildman–Crippen LogP) is -0.147. The first-order valence-corrected chi connectivity index (χ1v) is 3.19. The van der Waals surface area contributed by atoms with Crippen LogP contribution in [0.5, 0.6) is 0 Å². The van der Waals surface area contributed by atoms with E-state index in [2.05, 4.69) is 0 Å². The Morgan fingerprint density at radius 2 is 1.58 bits per heavy atom. The third-order valence-corrected chi connectivity index (χ3v) is 1.28. The summed E-state index contributed by atoms with van der Waals surface area (Å²) in [5, 5.41) is 25.7. The molecule has 0 aliphatic carbocycles. The van der Waals surface area contributed by atoms with E-state index in [-0.39, 0.29) is 5.57 Å². The van der Waals surface area contributed by atoms with Gasteiger partial charge in [0.15, 0.2) is 6.10 Å². The highest BCUT2D eigenvalue weighted by molar-refractivity contribution is 5.95. The quantitative estimate of drug-likeness (QED) is 0.517. The molecule has 0 aromatic rings. The minimum Gasteiger partial charge on any atom is -0.479 e. The van der Waals surface area contributed by atoms with Crippen molar-refractivity contribution in [2.75, 3.05) is 0 Å². The Kier molecular flexibility index (Phi) is 3.43. The van der Waals surface area contributed by atoms with E-state index in [9.17, 15) is 9.59 Å². The number of allylic oxidation sites excluding steroid dienone is 1. The molecular weight excluding hydrogens is 164 g/mol. The van der Waals surface area contributed by atoms with Crippen molar-refractivity contribution in [2.45, 2.75) is 20.0 Å². The second kappa shape index (κ2) is 3.87. The van der Waals surface area contributed by atoms with E-state index >= 15 is 0 Å². The molecule has 5 nitrogen and oxygen atoms in total. The molecule has 3 N–H and O–H groups in total. The molecule has 0 amide bonds. The lowest BCUT2D eigenvalue weighted by Gasteiger charge is -2.07. The Labute approximate surface area is 68.9 Å². The largest absolute Gasteiger partial charge is 0.479 e. The molecule has 0 aliphatic heterocycles. The summed E-state index contributed by atoms with van der Waals surface area (Å²) in [7, 11) is 0. The lowest BCUT2D eigenvalue weighted by molar-refractivity contribution is -0.147. The maximum absolute atomic E-state index is 10.4. The zero-order valence-corrected chi connectivity index (χ0v) is 6.74. The van der Waals surface area contributed by atoms with E-state index in [4.69, 9.17) is 15.3 Å². The van der Waals surface area contributed by atoms with Crippen molar-refractivity contribution in [3.05, 3.63) is 11.1 Å². The fourth-order valence-corrected chi connectivity index (χ4v) is 0.728. The second-order valence-corrected chi connectivity index (χ2v) is 2.46. The number of hydrogen-bond acceptors (Lipinski definition) is 3. The smallest absolute Gasteiger partial charge is 0.337 e. The van der Waals surface area contributed by atoms with Crippen LogP contribution in [0, 0.1) is 0 Å². The first kappa shape index (κ1) is 10.6. The van der Waals surface area contributed by atoms with Crippen molar-refractivity contribution in [1.29, 1.82) is 0 Å². The Morgan fingerprint density at radius 1 is 1.17 bits per heavy atom. The van der Waals surface area contributed by atoms with Gasteiger partial charge in [0.2, 0.25) is 0 Å². The number of aliphatic hydroxyl groups is 1. The van der Waals surface area contributed by atoms with Crippen LogP contribution in [0.2, 0.25) is 0 Å². The topological polar surface area (TPSA) is 94.8 Å². The van der Waals surface area contributed by atoms with E-state index in [1.54, 1.807) is 0 Å². The van der Waals surface area contributed by atoms with Crippen molar-refractivity contribution < 1.29 is 24.9 Å². The van der Waals surface area contributed by atoms with Crippen LogP contribution in [-0.4, -0.2) is 33.4 Å². The average Bonchev–Trinajstić information content (AvgIpc) is 1.85. The highest BCUT2D eigenvalue weighted by Crippen LogP contribution is 2.09. The summed E-state index contributed by atoms with van der Waals surface area (Å²) in [5.74, 6) is -2.97. The number of carboxylic acid groups (broad SMARTS) is 2. The predicted molar refractivity (Wildman–Crippen MR) is 39.7 cm³/mol. The van der Waals surface area contributed by atoms with Crippen molar-refractivity contribution in [3.63, 3.8) is 0 Å². The first-order chi connectivity index (χ1) is 5.37. The van der Waals surface area contributed by atoms with Crippen LogP contribution in [0.15, 0.2) is 11.1 Å². The van der Waals surface area contributed by atoms with Crippen LogP contribution in [-0.2, 0) is 9.59 Å². The molecule has 12 heavy (non-hydrogen) atoms. The van der Waals surface area contributed by atoms with Gasteiger partial charge in [-0.05, 0) is 13.8 Å². The van der Waals surface area contributed by atoms with Gasteiger partial charge in [0.05, 0.1) is 5.57 Å². The highest BCUT2D eigenvalue weighted by atomic mass is 16.4. The van der Waals surface area contributed by atoms with E-state index in [0.29, 0.717) is 0 Å². The molecule has 0 saturated carbocycles. The standard InChI is InChI=1S/C7H10O5/c1-3(2)4(6(9)10)5(8)7(11)12/h5,8H,1-2H3,(H,9,10)(H,11,12). The lowest BCUT2D eigenvalue weighted by atomic mass is 10.1. The van der Waals surface area contributed by atoms with Crippen LogP contribution in [0.4, 0.5) is 0 Å². The number of rotatable bonds is 3. The van der Waals surface area contributed by atoms with Gasteiger partial charge in [0, 0.05) is 0 Å². The van der Waals surface area contributed by atoms with E-state index in [1.165, 1.54) is 13.8 Å². The summed E-state index contributed by atoms with van der Waals surface area (Å²) in [6.07, 6.45) is -1.95. The highest BCUT2D eigenvalue weighted by Gasteiger charge is 2.25. The van der Waals surface area contributed by atoms with Crippen LogP contribution >= 0.6 is 0 Å². The van der Waals surface area contributed by atoms with Crippen molar-refractivity contribution in [2.24, 2.45) is 0 Å². The van der Waals surface area contributed by atoms with Crippen LogP contribution in [0.1, 0.15) is 13.8 Å². The van der Waals surface area contributed by atoms with Crippen molar-refractivity contribution in [1.82, 2.24) is 0 Å². The summed E-state index contributed by atoms with van der Waals surface area (Å²) in [5.41, 5.74) is -0.208. The summed E-state index contributed by atoms with van der Waals surface area (Å²) in [4.78, 5) is 20.6. The molecule has 0 aliphatic rings. The minimum absolute atomic E-state index is 0.275. The Balaban J connectivity index is 4.91. The van der Waals surface area contributed by atoms with Crippen LogP contribution < -0.4 is 0 Å². The van der Waals surface area contributed by atoms with Gasteiger partial charge >= 0.3 is 11.9 Å². The monoisotopic (exact) mass is 174 g/mol. The van der Waals surface area contributed by atoms with E-state index in [1.807, 2.05) is 0 Å². The molecule has 0 heterocycles. The summed E-state index contributed by atoms with van der Waals surface area (Å²) < 4.78 is 0. The van der Waals surface area contributed by atoms with Crippen LogP contribution in [0.3, 0.4) is 0 Å². The number of hydrogen-bond donors (Lipinski definition) is 3. The molecule has 68 valence electrons. The molecule has 0 rings (SSSR count). The van der Waals surface area contributed by atoms with E-state index < -0.39 is 23.6 Å². The number of carboxylic acids is 2. The molecule has 1 atom stereocenters. The molecule has 0 aromatic carbocycles. The van der Waals surface area contributed by atoms with Gasteiger partial charge in [-0.2, -0.15) is 0 Å². The third kappa shape index (κ3) is 2.35. The minimum atomic E-state index is -1.95. The molecule has 5 heteroatoms. The first-order valence-electron chi connectivity index (χ1n) is 3.19. The fraction of sp³-hybridized carbons (Fsp3) is 0.429. The maximum atomic E-state index is 10.4. The Hall–Kier alpha value is -1.36. The van der Waals surface area contributed by atoms with Gasteiger partial charge in [-0.3, -0.25) is 0 Å². The van der Waals surface area contributed by atoms with Gasteiger partial charge < -0.3 is 15.3 Å². The zero-order chi connectivity index (χ0) is 9.89. The molecule has 0 bridgehead atoms. The van der Waals surface area contributed by atoms with Gasteiger partial charge in [-0.1, -0.05) is 5.57 Å². The Bertz CT molecular complexity index is 236. The van der Waals surface area contributed by atoms with Gasteiger partial charge in [-0.25, -0.2) is 9.59 Å². The van der Waals surface area contributed by atoms with Gasteiger partial charge in [-0.15, -0.1) is 0 Å². The second-order valence-electron chi connectivity index (χ2n) is 2.46. The molecule has 0 fully saturated rings. The SMILES string of the molecule is CC(C)=C(C(=O)O)C(O)C(=O)O. The molecule has 1 unspecified atom stereocenters. The summed E-state index contributed by atoms with van der Waals surface area (Å²) in [6.45, 7) is 2.85.